The van der Waals surface area contributed by atoms with E-state index in [1.807, 2.05) is 6.07 Å². The lowest BCUT2D eigenvalue weighted by Gasteiger charge is -2.15. The Kier molecular flexibility index (Phi) is 3.50. The Morgan fingerprint density at radius 3 is 2.73 bits per heavy atom. The lowest BCUT2D eigenvalue weighted by atomic mass is 10.00. The van der Waals surface area contributed by atoms with Gasteiger partial charge in [-0.05, 0) is 12.1 Å². The highest BCUT2D eigenvalue weighted by molar-refractivity contribution is 5.55. The van der Waals surface area contributed by atoms with Crippen LogP contribution in [0.3, 0.4) is 0 Å². The molecule has 1 atom stereocenters. The number of phenolic OH excluding ortho intramolecular Hbond substituents is 1. The number of aromatic hydroxyl groups is 1. The van der Waals surface area contributed by atoms with Gasteiger partial charge in [-0.3, -0.25) is 0 Å². The maximum absolute atomic E-state index is 9.79. The third kappa shape index (κ3) is 2.01. The second-order valence-electron chi connectivity index (χ2n) is 3.03. The van der Waals surface area contributed by atoms with Crippen LogP contribution in [0.1, 0.15) is 17.2 Å². The Hall–Kier alpha value is -1.77. The summed E-state index contributed by atoms with van der Waals surface area (Å²) in [4.78, 5) is 0. The minimum Gasteiger partial charge on any atom is -0.504 e. The lowest BCUT2D eigenvalue weighted by Crippen LogP contribution is -2.22. The number of methoxy groups -OCH3 is 1. The number of hydrogen-bond acceptors (Lipinski definition) is 5. The Morgan fingerprint density at radius 1 is 1.60 bits per heavy atom. The second kappa shape index (κ2) is 4.64. The molecule has 0 saturated heterocycles. The smallest absolute Gasteiger partial charge is 0.163 e. The third-order valence-electron chi connectivity index (χ3n) is 2.15. The molecule has 1 rings (SSSR count). The van der Waals surface area contributed by atoms with Crippen molar-refractivity contribution >= 4 is 0 Å². The molecule has 15 heavy (non-hydrogen) atoms. The van der Waals surface area contributed by atoms with Crippen LogP contribution in [0.4, 0.5) is 0 Å². The zero-order valence-electron chi connectivity index (χ0n) is 8.40. The molecule has 5 nitrogen and oxygen atoms in total. The van der Waals surface area contributed by atoms with Crippen molar-refractivity contribution in [2.24, 2.45) is 11.5 Å². The minimum absolute atomic E-state index is 0.116. The predicted octanol–water partition coefficient (Wildman–Crippen LogP) is 0.231. The molecule has 0 heterocycles. The number of nitrogens with zero attached hydrogens (tertiary/aromatic N) is 1. The molecule has 1 aromatic carbocycles. The molecule has 0 radical (unpaired) electrons. The van der Waals surface area contributed by atoms with Crippen LogP contribution in [0.15, 0.2) is 12.1 Å². The largest absolute Gasteiger partial charge is 0.504 e. The van der Waals surface area contributed by atoms with Crippen molar-refractivity contribution in [2.45, 2.75) is 6.04 Å². The summed E-state index contributed by atoms with van der Waals surface area (Å²) >= 11 is 0. The number of hydrogen-bond donors (Lipinski definition) is 3. The van der Waals surface area contributed by atoms with E-state index in [1.165, 1.54) is 13.2 Å². The first-order valence-corrected chi connectivity index (χ1v) is 4.41. The standard InChI is InChI=1S/C10H13N3O2/c1-15-8-3-2-6(4-11)9(10(8)14)7(13)5-12/h2-3,7,14H,5,12-13H2,1H3/t7-/m1/s1. The third-order valence-corrected chi connectivity index (χ3v) is 2.15. The molecule has 0 fully saturated rings. The number of nitrogens with two attached hydrogens (primary N) is 2. The van der Waals surface area contributed by atoms with Crippen LogP contribution in [-0.2, 0) is 0 Å². The molecule has 1 aromatic rings. The number of phenols is 1. The van der Waals surface area contributed by atoms with E-state index in [0.29, 0.717) is 11.1 Å². The molecule has 0 amide bonds. The van der Waals surface area contributed by atoms with Crippen LogP contribution < -0.4 is 16.2 Å². The first kappa shape index (κ1) is 11.3. The Labute approximate surface area is 87.9 Å². The molecule has 5 heteroatoms. The van der Waals surface area contributed by atoms with Crippen molar-refractivity contribution in [3.05, 3.63) is 23.3 Å². The van der Waals surface area contributed by atoms with E-state index in [4.69, 9.17) is 21.5 Å². The molecule has 0 aliphatic carbocycles. The van der Waals surface area contributed by atoms with E-state index in [-0.39, 0.29) is 18.0 Å². The van der Waals surface area contributed by atoms with Crippen molar-refractivity contribution in [3.8, 4) is 17.6 Å². The van der Waals surface area contributed by atoms with Gasteiger partial charge in [0.25, 0.3) is 0 Å². The van der Waals surface area contributed by atoms with E-state index < -0.39 is 6.04 Å². The summed E-state index contributed by atoms with van der Waals surface area (Å²) in [5, 5.41) is 18.6. The van der Waals surface area contributed by atoms with Gasteiger partial charge in [0, 0.05) is 18.2 Å². The van der Waals surface area contributed by atoms with E-state index in [2.05, 4.69) is 0 Å². The Bertz CT molecular complexity index is 398. The first-order valence-electron chi connectivity index (χ1n) is 4.41. The van der Waals surface area contributed by atoms with Gasteiger partial charge in [0.05, 0.1) is 18.7 Å². The summed E-state index contributed by atoms with van der Waals surface area (Å²) in [6, 6.07) is 4.44. The molecule has 0 aliphatic heterocycles. The van der Waals surface area contributed by atoms with E-state index in [0.717, 1.165) is 0 Å². The lowest BCUT2D eigenvalue weighted by molar-refractivity contribution is 0.368. The normalized spacial score (nSPS) is 11.9. The molecule has 0 saturated carbocycles. The van der Waals surface area contributed by atoms with Crippen LogP contribution >= 0.6 is 0 Å². The summed E-state index contributed by atoms with van der Waals surface area (Å²) in [6.45, 7) is 0.148. The quantitative estimate of drug-likeness (QED) is 0.658. The maximum atomic E-state index is 9.79. The molecule has 0 unspecified atom stereocenters. The maximum Gasteiger partial charge on any atom is 0.163 e. The topological polar surface area (TPSA) is 105 Å². The second-order valence-corrected chi connectivity index (χ2v) is 3.03. The first-order chi connectivity index (χ1) is 7.15. The predicted molar refractivity (Wildman–Crippen MR) is 55.4 cm³/mol. The van der Waals surface area contributed by atoms with Crippen molar-refractivity contribution in [1.29, 1.82) is 5.26 Å². The number of ether oxygens (including phenoxy) is 1. The molecular formula is C10H13N3O2. The summed E-state index contributed by atoms with van der Waals surface area (Å²) in [6.07, 6.45) is 0. The van der Waals surface area contributed by atoms with Crippen LogP contribution in [0.25, 0.3) is 0 Å². The number of rotatable bonds is 3. The molecule has 0 spiro atoms. The van der Waals surface area contributed by atoms with Gasteiger partial charge in [0.1, 0.15) is 0 Å². The fraction of sp³-hybridized carbons (Fsp3) is 0.300. The summed E-state index contributed by atoms with van der Waals surface area (Å²) < 4.78 is 4.92. The van der Waals surface area contributed by atoms with Gasteiger partial charge >= 0.3 is 0 Å². The average Bonchev–Trinajstić information content (AvgIpc) is 2.27. The van der Waals surface area contributed by atoms with E-state index in [1.54, 1.807) is 6.07 Å². The fourth-order valence-corrected chi connectivity index (χ4v) is 1.34. The number of benzene rings is 1. The zero-order chi connectivity index (χ0) is 11.4. The molecule has 0 aliphatic rings. The highest BCUT2D eigenvalue weighted by Gasteiger charge is 2.18. The molecule has 5 N–H and O–H groups in total. The van der Waals surface area contributed by atoms with Crippen molar-refractivity contribution in [2.75, 3.05) is 13.7 Å². The monoisotopic (exact) mass is 207 g/mol. The van der Waals surface area contributed by atoms with Gasteiger partial charge in [-0.2, -0.15) is 5.26 Å². The van der Waals surface area contributed by atoms with Gasteiger partial charge < -0.3 is 21.3 Å². The van der Waals surface area contributed by atoms with Crippen molar-refractivity contribution in [1.82, 2.24) is 0 Å². The van der Waals surface area contributed by atoms with E-state index in [9.17, 15) is 5.11 Å². The van der Waals surface area contributed by atoms with Crippen molar-refractivity contribution < 1.29 is 9.84 Å². The van der Waals surface area contributed by atoms with Crippen molar-refractivity contribution in [3.63, 3.8) is 0 Å². The van der Waals surface area contributed by atoms with Crippen LogP contribution in [0.5, 0.6) is 11.5 Å². The van der Waals surface area contributed by atoms with Crippen LogP contribution in [-0.4, -0.2) is 18.8 Å². The van der Waals surface area contributed by atoms with Gasteiger partial charge in [-0.1, -0.05) is 0 Å². The van der Waals surface area contributed by atoms with Crippen LogP contribution in [0, 0.1) is 11.3 Å². The molecule has 80 valence electrons. The highest BCUT2D eigenvalue weighted by Crippen LogP contribution is 2.34. The summed E-state index contributed by atoms with van der Waals surface area (Å²) in [5.74, 6) is 0.169. The molecular weight excluding hydrogens is 194 g/mol. The van der Waals surface area contributed by atoms with Gasteiger partial charge in [-0.25, -0.2) is 0 Å². The summed E-state index contributed by atoms with van der Waals surface area (Å²) in [5.41, 5.74) is 11.7. The Morgan fingerprint density at radius 2 is 2.27 bits per heavy atom. The van der Waals surface area contributed by atoms with E-state index >= 15 is 0 Å². The van der Waals surface area contributed by atoms with Gasteiger partial charge in [0.15, 0.2) is 11.5 Å². The van der Waals surface area contributed by atoms with Gasteiger partial charge in [-0.15, -0.1) is 0 Å². The van der Waals surface area contributed by atoms with Gasteiger partial charge in [0.2, 0.25) is 0 Å². The minimum atomic E-state index is -0.574. The SMILES string of the molecule is COc1ccc(C#N)c([C@H](N)CN)c1O. The zero-order valence-corrected chi connectivity index (χ0v) is 8.40. The number of nitriles is 1. The highest BCUT2D eigenvalue weighted by atomic mass is 16.5. The molecule has 0 bridgehead atoms. The van der Waals surface area contributed by atoms with Crippen LogP contribution in [0.2, 0.25) is 0 Å². The average molecular weight is 207 g/mol. The Balaban J connectivity index is 3.37. The fourth-order valence-electron chi connectivity index (χ4n) is 1.34. The molecule has 0 aromatic heterocycles. The summed E-state index contributed by atoms with van der Waals surface area (Å²) in [7, 11) is 1.43.